The summed E-state index contributed by atoms with van der Waals surface area (Å²) in [6, 6.07) is 14.7. The lowest BCUT2D eigenvalue weighted by Gasteiger charge is -2.05. The van der Waals surface area contributed by atoms with Crippen molar-refractivity contribution in [2.24, 2.45) is 0 Å². The fraction of sp³-hybridized carbons (Fsp3) is 0.118. The number of thiazole rings is 1. The largest absolute Gasteiger partial charge is 0.381 e. The van der Waals surface area contributed by atoms with Crippen LogP contribution in [0.1, 0.15) is 10.6 Å². The molecule has 21 heavy (non-hydrogen) atoms. The van der Waals surface area contributed by atoms with Gasteiger partial charge in [0.05, 0.1) is 15.2 Å². The number of aromatic nitrogens is 2. The van der Waals surface area contributed by atoms with Gasteiger partial charge in [0.15, 0.2) is 0 Å². The number of hydrogen-bond acceptors (Lipinski definition) is 3. The highest BCUT2D eigenvalue weighted by molar-refractivity contribution is 7.18. The SMILES string of the molecule is Cc1nc2ccc(NCc3c[nH]c4ccccc34)cc2s1. The van der Waals surface area contributed by atoms with Crippen molar-refractivity contribution in [1.82, 2.24) is 9.97 Å². The first-order chi connectivity index (χ1) is 10.3. The van der Waals surface area contributed by atoms with Crippen molar-refractivity contribution in [2.45, 2.75) is 13.5 Å². The van der Waals surface area contributed by atoms with Gasteiger partial charge >= 0.3 is 0 Å². The Morgan fingerprint density at radius 2 is 2.10 bits per heavy atom. The molecule has 0 unspecified atom stereocenters. The van der Waals surface area contributed by atoms with Crippen LogP contribution < -0.4 is 5.32 Å². The van der Waals surface area contributed by atoms with E-state index in [0.29, 0.717) is 0 Å². The molecule has 104 valence electrons. The lowest BCUT2D eigenvalue weighted by atomic mass is 10.2. The van der Waals surface area contributed by atoms with E-state index in [1.165, 1.54) is 21.2 Å². The van der Waals surface area contributed by atoms with Gasteiger partial charge in [-0.15, -0.1) is 11.3 Å². The number of H-pyrrole nitrogens is 1. The van der Waals surface area contributed by atoms with Gasteiger partial charge in [-0.1, -0.05) is 18.2 Å². The molecule has 0 spiro atoms. The van der Waals surface area contributed by atoms with Crippen LogP contribution in [-0.4, -0.2) is 9.97 Å². The smallest absolute Gasteiger partial charge is 0.0907 e. The lowest BCUT2D eigenvalue weighted by molar-refractivity contribution is 1.16. The monoisotopic (exact) mass is 293 g/mol. The Hall–Kier alpha value is -2.33. The van der Waals surface area contributed by atoms with Crippen molar-refractivity contribution in [2.75, 3.05) is 5.32 Å². The first kappa shape index (κ1) is 12.4. The zero-order valence-corrected chi connectivity index (χ0v) is 12.5. The molecule has 4 heteroatoms. The minimum absolute atomic E-state index is 0.813. The summed E-state index contributed by atoms with van der Waals surface area (Å²) < 4.78 is 1.23. The number of aromatic amines is 1. The number of anilines is 1. The normalized spacial score (nSPS) is 11.3. The molecule has 2 N–H and O–H groups in total. The van der Waals surface area contributed by atoms with Crippen molar-refractivity contribution in [3.63, 3.8) is 0 Å². The summed E-state index contributed by atoms with van der Waals surface area (Å²) in [5.74, 6) is 0. The molecule has 4 aromatic rings. The van der Waals surface area contributed by atoms with E-state index >= 15 is 0 Å². The summed E-state index contributed by atoms with van der Waals surface area (Å²) in [5, 5.41) is 5.89. The first-order valence-corrected chi connectivity index (χ1v) is 7.77. The van der Waals surface area contributed by atoms with Crippen LogP contribution >= 0.6 is 11.3 Å². The van der Waals surface area contributed by atoms with Crippen LogP contribution in [0.3, 0.4) is 0 Å². The number of fused-ring (bicyclic) bond motifs is 2. The molecule has 0 aliphatic heterocycles. The Morgan fingerprint density at radius 3 is 3.05 bits per heavy atom. The van der Waals surface area contributed by atoms with E-state index in [2.05, 4.69) is 63.9 Å². The van der Waals surface area contributed by atoms with Crippen molar-refractivity contribution in [3.05, 3.63) is 59.2 Å². The third-order valence-corrected chi connectivity index (χ3v) is 4.59. The standard InChI is InChI=1S/C17H15N3S/c1-11-20-16-7-6-13(8-17(16)21-11)18-9-12-10-19-15-5-3-2-4-14(12)15/h2-8,10,18-19H,9H2,1H3. The molecule has 0 saturated carbocycles. The average molecular weight is 293 g/mol. The number of aryl methyl sites for hydroxylation is 1. The average Bonchev–Trinajstić information content (AvgIpc) is 3.07. The highest BCUT2D eigenvalue weighted by Gasteiger charge is 2.04. The number of benzene rings is 2. The van der Waals surface area contributed by atoms with E-state index in [-0.39, 0.29) is 0 Å². The molecular formula is C17H15N3S. The van der Waals surface area contributed by atoms with E-state index < -0.39 is 0 Å². The van der Waals surface area contributed by atoms with Crippen LogP contribution in [0.25, 0.3) is 21.1 Å². The molecule has 3 nitrogen and oxygen atoms in total. The Bertz CT molecular complexity index is 920. The van der Waals surface area contributed by atoms with Crippen molar-refractivity contribution in [3.8, 4) is 0 Å². The van der Waals surface area contributed by atoms with Crippen LogP contribution in [0.2, 0.25) is 0 Å². The van der Waals surface area contributed by atoms with E-state index in [1.807, 2.05) is 6.92 Å². The van der Waals surface area contributed by atoms with Gasteiger partial charge in [0, 0.05) is 29.3 Å². The lowest BCUT2D eigenvalue weighted by Crippen LogP contribution is -1.98. The van der Waals surface area contributed by atoms with Gasteiger partial charge in [-0.05, 0) is 36.8 Å². The predicted molar refractivity (Wildman–Crippen MR) is 90.0 cm³/mol. The molecule has 0 amide bonds. The van der Waals surface area contributed by atoms with Crippen LogP contribution in [0, 0.1) is 6.92 Å². The van der Waals surface area contributed by atoms with Crippen molar-refractivity contribution >= 4 is 38.1 Å². The van der Waals surface area contributed by atoms with Crippen molar-refractivity contribution in [1.29, 1.82) is 0 Å². The van der Waals surface area contributed by atoms with E-state index in [1.54, 1.807) is 11.3 Å². The van der Waals surface area contributed by atoms with Gasteiger partial charge in [0.2, 0.25) is 0 Å². The Kier molecular flexibility index (Phi) is 2.89. The maximum Gasteiger partial charge on any atom is 0.0907 e. The van der Waals surface area contributed by atoms with Gasteiger partial charge in [0.1, 0.15) is 0 Å². The van der Waals surface area contributed by atoms with Gasteiger partial charge in [-0.2, -0.15) is 0 Å². The summed E-state index contributed by atoms with van der Waals surface area (Å²) in [4.78, 5) is 7.80. The maximum absolute atomic E-state index is 4.49. The van der Waals surface area contributed by atoms with Crippen LogP contribution in [0.4, 0.5) is 5.69 Å². The number of nitrogens with one attached hydrogen (secondary N) is 2. The molecule has 0 bridgehead atoms. The zero-order chi connectivity index (χ0) is 14.2. The molecule has 2 heterocycles. The van der Waals surface area contributed by atoms with Crippen LogP contribution in [0.5, 0.6) is 0 Å². The van der Waals surface area contributed by atoms with Crippen molar-refractivity contribution < 1.29 is 0 Å². The Balaban J connectivity index is 1.60. The molecule has 2 aromatic heterocycles. The fourth-order valence-corrected chi connectivity index (χ4v) is 3.49. The van der Waals surface area contributed by atoms with E-state index in [4.69, 9.17) is 0 Å². The molecule has 0 aliphatic rings. The van der Waals surface area contributed by atoms with E-state index in [0.717, 1.165) is 22.8 Å². The second-order valence-corrected chi connectivity index (χ2v) is 6.36. The first-order valence-electron chi connectivity index (χ1n) is 6.96. The molecule has 0 saturated heterocycles. The minimum Gasteiger partial charge on any atom is -0.381 e. The molecule has 4 rings (SSSR count). The summed E-state index contributed by atoms with van der Waals surface area (Å²) in [6.07, 6.45) is 2.08. The van der Waals surface area contributed by atoms with Gasteiger partial charge < -0.3 is 10.3 Å². The molecule has 0 radical (unpaired) electrons. The van der Waals surface area contributed by atoms with Crippen LogP contribution in [-0.2, 0) is 6.54 Å². The van der Waals surface area contributed by atoms with E-state index in [9.17, 15) is 0 Å². The topological polar surface area (TPSA) is 40.7 Å². The minimum atomic E-state index is 0.813. The molecular weight excluding hydrogens is 278 g/mol. The summed E-state index contributed by atoms with van der Waals surface area (Å²) in [6.45, 7) is 2.86. The highest BCUT2D eigenvalue weighted by Crippen LogP contribution is 2.25. The number of hydrogen-bond donors (Lipinski definition) is 2. The quantitative estimate of drug-likeness (QED) is 0.575. The second kappa shape index (κ2) is 4.90. The maximum atomic E-state index is 4.49. The second-order valence-electron chi connectivity index (χ2n) is 5.13. The molecule has 2 aromatic carbocycles. The van der Waals surface area contributed by atoms with Crippen LogP contribution in [0.15, 0.2) is 48.7 Å². The molecule has 0 atom stereocenters. The summed E-state index contributed by atoms with van der Waals surface area (Å²) in [5.41, 5.74) is 4.68. The van der Waals surface area contributed by atoms with Gasteiger partial charge in [-0.3, -0.25) is 0 Å². The third kappa shape index (κ3) is 2.28. The zero-order valence-electron chi connectivity index (χ0n) is 11.7. The summed E-state index contributed by atoms with van der Waals surface area (Å²) >= 11 is 1.73. The van der Waals surface area contributed by atoms with Gasteiger partial charge in [0.25, 0.3) is 0 Å². The number of rotatable bonds is 3. The molecule has 0 fully saturated rings. The number of nitrogens with zero attached hydrogens (tertiary/aromatic N) is 1. The number of para-hydroxylation sites is 1. The third-order valence-electron chi connectivity index (χ3n) is 3.65. The Morgan fingerprint density at radius 1 is 1.19 bits per heavy atom. The molecule has 0 aliphatic carbocycles. The highest BCUT2D eigenvalue weighted by atomic mass is 32.1. The fourth-order valence-electron chi connectivity index (χ4n) is 2.62. The van der Waals surface area contributed by atoms with Gasteiger partial charge in [-0.25, -0.2) is 4.98 Å². The predicted octanol–water partition coefficient (Wildman–Crippen LogP) is 4.70. The summed E-state index contributed by atoms with van der Waals surface area (Å²) in [7, 11) is 0. The Labute approximate surface area is 126 Å².